The first kappa shape index (κ1) is 25.2. The Labute approximate surface area is 211 Å². The van der Waals surface area contributed by atoms with Crippen molar-refractivity contribution in [3.05, 3.63) is 76.1 Å². The molecular weight excluding hydrogens is 483 g/mol. The Morgan fingerprint density at radius 2 is 1.92 bits per heavy atom. The maximum absolute atomic E-state index is 13.7. The van der Waals surface area contributed by atoms with Crippen LogP contribution in [-0.4, -0.2) is 42.5 Å². The van der Waals surface area contributed by atoms with Crippen LogP contribution in [0, 0.1) is 12.7 Å². The number of benzene rings is 1. The van der Waals surface area contributed by atoms with Gasteiger partial charge in [-0.05, 0) is 80.8 Å². The molecule has 0 aliphatic heterocycles. The lowest BCUT2D eigenvalue weighted by atomic mass is 10.1. The summed E-state index contributed by atoms with van der Waals surface area (Å²) in [4.78, 5) is 30.6. The predicted octanol–water partition coefficient (Wildman–Crippen LogP) is 4.13. The van der Waals surface area contributed by atoms with Crippen LogP contribution >= 0.6 is 11.3 Å². The van der Waals surface area contributed by atoms with E-state index >= 15 is 0 Å². The summed E-state index contributed by atoms with van der Waals surface area (Å²) in [6.07, 6.45) is 0. The fourth-order valence-corrected chi connectivity index (χ4v) is 4.30. The molecule has 1 aromatic carbocycles. The maximum Gasteiger partial charge on any atom is 0.251 e. The van der Waals surface area contributed by atoms with Crippen LogP contribution in [0.3, 0.4) is 0 Å². The van der Waals surface area contributed by atoms with E-state index in [4.69, 9.17) is 4.42 Å². The minimum Gasteiger partial charge on any atom is -0.464 e. The van der Waals surface area contributed by atoms with Gasteiger partial charge in [-0.25, -0.2) is 4.39 Å². The molecule has 0 saturated heterocycles. The standard InChI is InChI=1S/C25H27FN6O3S/c1-16-7-12-20(35-16)22(24(34)27-25(2,3)4)31(14-19-6-5-13-36-19)21(33)15-32-29-23(28-30-32)17-8-10-18(26)11-9-17/h5-13,22H,14-15H2,1-4H3,(H,27,34)/t22-/m0/s1. The smallest absolute Gasteiger partial charge is 0.251 e. The molecule has 1 atom stereocenters. The van der Waals surface area contributed by atoms with E-state index in [9.17, 15) is 14.0 Å². The van der Waals surface area contributed by atoms with Gasteiger partial charge in [-0.2, -0.15) is 4.80 Å². The van der Waals surface area contributed by atoms with Crippen LogP contribution in [0.4, 0.5) is 4.39 Å². The van der Waals surface area contributed by atoms with Gasteiger partial charge >= 0.3 is 0 Å². The van der Waals surface area contributed by atoms with Crippen LogP contribution in [0.15, 0.2) is 58.3 Å². The summed E-state index contributed by atoms with van der Waals surface area (Å²) in [5.41, 5.74) is 0.0469. The van der Waals surface area contributed by atoms with Gasteiger partial charge in [0.05, 0.1) is 6.54 Å². The van der Waals surface area contributed by atoms with Crippen molar-refractivity contribution in [1.82, 2.24) is 30.4 Å². The molecule has 0 fully saturated rings. The number of tetrazole rings is 1. The zero-order valence-corrected chi connectivity index (χ0v) is 21.3. The number of nitrogens with one attached hydrogen (secondary N) is 1. The van der Waals surface area contributed by atoms with E-state index in [0.29, 0.717) is 17.1 Å². The molecule has 4 aromatic rings. The number of halogens is 1. The summed E-state index contributed by atoms with van der Waals surface area (Å²) in [6, 6.07) is 11.9. The number of thiophene rings is 1. The Hall–Kier alpha value is -3.86. The Kier molecular flexibility index (Phi) is 7.30. The topological polar surface area (TPSA) is 106 Å². The van der Waals surface area contributed by atoms with Crippen LogP contribution in [-0.2, 0) is 22.7 Å². The fourth-order valence-electron chi connectivity index (χ4n) is 3.59. The summed E-state index contributed by atoms with van der Waals surface area (Å²) < 4.78 is 19.1. The number of aromatic nitrogens is 4. The van der Waals surface area contributed by atoms with Gasteiger partial charge in [-0.1, -0.05) is 6.07 Å². The van der Waals surface area contributed by atoms with Crippen LogP contribution in [0.25, 0.3) is 11.4 Å². The molecule has 0 aliphatic rings. The van der Waals surface area contributed by atoms with E-state index in [0.717, 1.165) is 9.67 Å². The number of carbonyl (C=O) groups is 2. The second-order valence-electron chi connectivity index (χ2n) is 9.34. The number of carbonyl (C=O) groups excluding carboxylic acids is 2. The van der Waals surface area contributed by atoms with Crippen molar-refractivity contribution < 1.29 is 18.4 Å². The molecule has 1 N–H and O–H groups in total. The lowest BCUT2D eigenvalue weighted by Gasteiger charge is -2.32. The second kappa shape index (κ2) is 10.4. The molecule has 36 heavy (non-hydrogen) atoms. The SMILES string of the molecule is Cc1ccc([C@@H](C(=O)NC(C)(C)C)N(Cc2cccs2)C(=O)Cn2nnc(-c3ccc(F)cc3)n2)o1. The number of amides is 2. The Balaban J connectivity index is 1.65. The first-order valence-corrected chi connectivity index (χ1v) is 12.2. The molecular formula is C25H27FN6O3S. The molecule has 9 nitrogen and oxygen atoms in total. The van der Waals surface area contributed by atoms with Crippen LogP contribution in [0.1, 0.15) is 43.2 Å². The highest BCUT2D eigenvalue weighted by Gasteiger charge is 2.36. The molecule has 0 radical (unpaired) electrons. The Morgan fingerprint density at radius 3 is 2.53 bits per heavy atom. The van der Waals surface area contributed by atoms with Crippen molar-refractivity contribution >= 4 is 23.2 Å². The van der Waals surface area contributed by atoms with Crippen molar-refractivity contribution in [3.63, 3.8) is 0 Å². The quantitative estimate of drug-likeness (QED) is 0.382. The molecule has 188 valence electrons. The number of hydrogen-bond donors (Lipinski definition) is 1. The molecule has 0 aliphatic carbocycles. The lowest BCUT2D eigenvalue weighted by Crippen LogP contribution is -2.49. The van der Waals surface area contributed by atoms with Gasteiger partial charge in [-0.3, -0.25) is 9.59 Å². The van der Waals surface area contributed by atoms with E-state index in [-0.39, 0.29) is 30.6 Å². The number of rotatable bonds is 8. The molecule has 4 rings (SSSR count). The summed E-state index contributed by atoms with van der Waals surface area (Å²) >= 11 is 1.48. The van der Waals surface area contributed by atoms with Crippen LogP contribution < -0.4 is 5.32 Å². The average molecular weight is 511 g/mol. The van der Waals surface area contributed by atoms with Crippen LogP contribution in [0.5, 0.6) is 0 Å². The second-order valence-corrected chi connectivity index (χ2v) is 10.4. The predicted molar refractivity (Wildman–Crippen MR) is 132 cm³/mol. The number of furan rings is 1. The summed E-state index contributed by atoms with van der Waals surface area (Å²) in [5, 5.41) is 17.1. The molecule has 2 amide bonds. The third-order valence-electron chi connectivity index (χ3n) is 5.15. The zero-order chi connectivity index (χ0) is 25.9. The normalized spacial score (nSPS) is 12.4. The van der Waals surface area contributed by atoms with Crippen molar-refractivity contribution in [2.45, 2.75) is 52.4 Å². The monoisotopic (exact) mass is 510 g/mol. The van der Waals surface area contributed by atoms with E-state index in [1.54, 1.807) is 19.1 Å². The van der Waals surface area contributed by atoms with Gasteiger partial charge in [0.1, 0.15) is 23.9 Å². The minimum absolute atomic E-state index is 0.192. The van der Waals surface area contributed by atoms with Gasteiger partial charge in [-0.15, -0.1) is 21.5 Å². The van der Waals surface area contributed by atoms with E-state index in [1.807, 2.05) is 38.3 Å². The molecule has 0 saturated carbocycles. The van der Waals surface area contributed by atoms with Crippen molar-refractivity contribution in [3.8, 4) is 11.4 Å². The highest BCUT2D eigenvalue weighted by Crippen LogP contribution is 2.28. The highest BCUT2D eigenvalue weighted by atomic mass is 32.1. The molecule has 0 spiro atoms. The van der Waals surface area contributed by atoms with Crippen molar-refractivity contribution in [2.75, 3.05) is 0 Å². The summed E-state index contributed by atoms with van der Waals surface area (Å²) in [5.74, 6) is 0.117. The third-order valence-corrected chi connectivity index (χ3v) is 6.01. The highest BCUT2D eigenvalue weighted by molar-refractivity contribution is 7.09. The maximum atomic E-state index is 13.7. The molecule has 3 aromatic heterocycles. The first-order valence-electron chi connectivity index (χ1n) is 11.3. The van der Waals surface area contributed by atoms with Crippen molar-refractivity contribution in [2.24, 2.45) is 0 Å². The Bertz CT molecular complexity index is 1320. The molecule has 3 heterocycles. The van der Waals surface area contributed by atoms with Gasteiger partial charge in [0.2, 0.25) is 11.7 Å². The average Bonchev–Trinajstić information content (AvgIpc) is 3.56. The third kappa shape index (κ3) is 6.22. The Morgan fingerprint density at radius 1 is 1.17 bits per heavy atom. The van der Waals surface area contributed by atoms with Gasteiger partial charge in [0, 0.05) is 16.0 Å². The first-order chi connectivity index (χ1) is 17.1. The van der Waals surface area contributed by atoms with Gasteiger partial charge < -0.3 is 14.6 Å². The molecule has 0 bridgehead atoms. The fraction of sp³-hybridized carbons (Fsp3) is 0.320. The number of nitrogens with zero attached hydrogens (tertiary/aromatic N) is 5. The van der Waals surface area contributed by atoms with Crippen molar-refractivity contribution in [1.29, 1.82) is 0 Å². The van der Waals surface area contributed by atoms with E-state index in [1.165, 1.54) is 40.5 Å². The lowest BCUT2D eigenvalue weighted by molar-refractivity contribution is -0.143. The molecule has 11 heteroatoms. The summed E-state index contributed by atoms with van der Waals surface area (Å²) in [7, 11) is 0. The summed E-state index contributed by atoms with van der Waals surface area (Å²) in [6.45, 7) is 7.34. The van der Waals surface area contributed by atoms with Gasteiger partial charge in [0.15, 0.2) is 6.04 Å². The van der Waals surface area contributed by atoms with Crippen LogP contribution in [0.2, 0.25) is 0 Å². The number of hydrogen-bond acceptors (Lipinski definition) is 7. The van der Waals surface area contributed by atoms with E-state index < -0.39 is 17.5 Å². The van der Waals surface area contributed by atoms with Gasteiger partial charge in [0.25, 0.3) is 5.91 Å². The number of aryl methyl sites for hydroxylation is 1. The van der Waals surface area contributed by atoms with E-state index in [2.05, 4.69) is 20.7 Å². The minimum atomic E-state index is -1.01. The largest absolute Gasteiger partial charge is 0.464 e. The molecule has 0 unspecified atom stereocenters. The zero-order valence-electron chi connectivity index (χ0n) is 20.4.